The molecule has 1 saturated heterocycles. The average Bonchev–Trinajstić information content (AvgIpc) is 3.28. The Morgan fingerprint density at radius 2 is 1.76 bits per heavy atom. The van der Waals surface area contributed by atoms with Crippen LogP contribution in [-0.4, -0.2) is 62.7 Å². The van der Waals surface area contributed by atoms with Crippen molar-refractivity contribution in [2.45, 2.75) is 46.3 Å². The van der Waals surface area contributed by atoms with E-state index >= 15 is 0 Å². The summed E-state index contributed by atoms with van der Waals surface area (Å²) in [4.78, 5) is 17.6. The highest BCUT2D eigenvalue weighted by Crippen LogP contribution is 2.17. The van der Waals surface area contributed by atoms with Crippen molar-refractivity contribution < 1.29 is 4.79 Å². The van der Waals surface area contributed by atoms with Gasteiger partial charge in [-0.15, -0.1) is 10.2 Å². The first kappa shape index (κ1) is 23.1. The Bertz CT molecular complexity index is 1050. The molecule has 0 bridgehead atoms. The van der Waals surface area contributed by atoms with E-state index < -0.39 is 0 Å². The average molecular weight is 447 g/mol. The quantitative estimate of drug-likeness (QED) is 0.576. The molecule has 1 aromatic heterocycles. The molecular formula is C26H34N6O. The molecule has 1 N–H and O–H groups in total. The Kier molecular flexibility index (Phi) is 7.52. The molecule has 174 valence electrons. The van der Waals surface area contributed by atoms with Crippen molar-refractivity contribution in [2.75, 3.05) is 26.2 Å². The molecule has 2 aromatic carbocycles. The van der Waals surface area contributed by atoms with E-state index in [1.165, 1.54) is 11.1 Å². The lowest BCUT2D eigenvalue weighted by Gasteiger charge is -2.38. The van der Waals surface area contributed by atoms with Gasteiger partial charge in [0.2, 0.25) is 5.91 Å². The monoisotopic (exact) mass is 446 g/mol. The van der Waals surface area contributed by atoms with Crippen LogP contribution in [0.2, 0.25) is 0 Å². The molecule has 3 aromatic rings. The SMILES string of the molecule is CCC(C(=O)NCc1ccc(C)cc1)N1CCN(Cc2nncn2-c2ccccc2C)CC1. The van der Waals surface area contributed by atoms with Crippen molar-refractivity contribution in [3.63, 3.8) is 0 Å². The maximum absolute atomic E-state index is 12.9. The lowest BCUT2D eigenvalue weighted by Crippen LogP contribution is -2.54. The van der Waals surface area contributed by atoms with Crippen molar-refractivity contribution in [1.29, 1.82) is 0 Å². The van der Waals surface area contributed by atoms with E-state index in [4.69, 9.17) is 0 Å². The Balaban J connectivity index is 1.31. The Hall–Kier alpha value is -3.03. The molecule has 1 aliphatic heterocycles. The Morgan fingerprint density at radius 3 is 2.45 bits per heavy atom. The third-order valence-corrected chi connectivity index (χ3v) is 6.48. The van der Waals surface area contributed by atoms with Gasteiger partial charge in [0, 0.05) is 32.7 Å². The molecule has 1 amide bonds. The van der Waals surface area contributed by atoms with Gasteiger partial charge in [-0.1, -0.05) is 55.0 Å². The minimum absolute atomic E-state index is 0.0896. The van der Waals surface area contributed by atoms with Gasteiger partial charge in [0.25, 0.3) is 0 Å². The van der Waals surface area contributed by atoms with Crippen molar-refractivity contribution in [1.82, 2.24) is 29.9 Å². The molecule has 0 saturated carbocycles. The summed E-state index contributed by atoms with van der Waals surface area (Å²) in [6.45, 7) is 11.1. The van der Waals surface area contributed by atoms with Crippen molar-refractivity contribution in [3.05, 3.63) is 77.4 Å². The van der Waals surface area contributed by atoms with Gasteiger partial charge in [0.1, 0.15) is 6.33 Å². The van der Waals surface area contributed by atoms with E-state index in [2.05, 4.69) is 87.1 Å². The summed E-state index contributed by atoms with van der Waals surface area (Å²) < 4.78 is 2.08. The fourth-order valence-corrected chi connectivity index (χ4v) is 4.46. The van der Waals surface area contributed by atoms with Crippen LogP contribution in [0.1, 0.15) is 35.9 Å². The van der Waals surface area contributed by atoms with Crippen LogP contribution >= 0.6 is 0 Å². The number of carbonyl (C=O) groups excluding carboxylic acids is 1. The van der Waals surface area contributed by atoms with Gasteiger partial charge in [-0.25, -0.2) is 0 Å². The minimum Gasteiger partial charge on any atom is -0.351 e. The molecule has 1 atom stereocenters. The van der Waals surface area contributed by atoms with Gasteiger partial charge in [-0.2, -0.15) is 0 Å². The zero-order valence-corrected chi connectivity index (χ0v) is 19.9. The lowest BCUT2D eigenvalue weighted by atomic mass is 10.1. The number of nitrogens with one attached hydrogen (secondary N) is 1. The summed E-state index contributed by atoms with van der Waals surface area (Å²) in [7, 11) is 0. The summed E-state index contributed by atoms with van der Waals surface area (Å²) in [6, 6.07) is 16.5. The molecule has 33 heavy (non-hydrogen) atoms. The zero-order valence-electron chi connectivity index (χ0n) is 19.9. The molecule has 0 radical (unpaired) electrons. The molecule has 1 fully saturated rings. The first-order valence-corrected chi connectivity index (χ1v) is 11.8. The minimum atomic E-state index is -0.0896. The maximum atomic E-state index is 12.9. The van der Waals surface area contributed by atoms with Crippen LogP contribution in [0.3, 0.4) is 0 Å². The van der Waals surface area contributed by atoms with Crippen molar-refractivity contribution in [2.24, 2.45) is 0 Å². The Labute approximate surface area is 196 Å². The van der Waals surface area contributed by atoms with Gasteiger partial charge in [0.05, 0.1) is 18.3 Å². The van der Waals surface area contributed by atoms with Gasteiger partial charge >= 0.3 is 0 Å². The van der Waals surface area contributed by atoms with Crippen LogP contribution in [0, 0.1) is 13.8 Å². The van der Waals surface area contributed by atoms with Crippen LogP contribution in [0.15, 0.2) is 54.9 Å². The molecule has 0 spiro atoms. The number of piperazine rings is 1. The smallest absolute Gasteiger partial charge is 0.237 e. The number of para-hydroxylation sites is 1. The third-order valence-electron chi connectivity index (χ3n) is 6.48. The summed E-state index contributed by atoms with van der Waals surface area (Å²) in [5.74, 6) is 1.06. The van der Waals surface area contributed by atoms with Crippen LogP contribution in [0.5, 0.6) is 0 Å². The molecule has 0 aliphatic carbocycles. The second kappa shape index (κ2) is 10.7. The molecule has 1 aliphatic rings. The van der Waals surface area contributed by atoms with E-state index in [1.54, 1.807) is 6.33 Å². The molecular weight excluding hydrogens is 412 g/mol. The number of aromatic nitrogens is 3. The Morgan fingerprint density at radius 1 is 1.03 bits per heavy atom. The standard InChI is InChI=1S/C26H34N6O/c1-4-23(26(33)27-17-22-11-9-20(2)10-12-22)31-15-13-30(14-16-31)18-25-29-28-19-32(25)24-8-6-5-7-21(24)3/h5-12,19,23H,4,13-18H2,1-3H3,(H,27,33). The highest BCUT2D eigenvalue weighted by atomic mass is 16.2. The van der Waals surface area contributed by atoms with Gasteiger partial charge < -0.3 is 5.32 Å². The normalized spacial score (nSPS) is 16.0. The number of rotatable bonds is 8. The van der Waals surface area contributed by atoms with Crippen LogP contribution < -0.4 is 5.32 Å². The van der Waals surface area contributed by atoms with E-state index in [-0.39, 0.29) is 11.9 Å². The van der Waals surface area contributed by atoms with Crippen LogP contribution in [-0.2, 0) is 17.9 Å². The summed E-state index contributed by atoms with van der Waals surface area (Å²) >= 11 is 0. The largest absolute Gasteiger partial charge is 0.351 e. The molecule has 1 unspecified atom stereocenters. The number of hydrogen-bond donors (Lipinski definition) is 1. The lowest BCUT2D eigenvalue weighted by molar-refractivity contribution is -0.127. The molecule has 4 rings (SSSR count). The van der Waals surface area contributed by atoms with E-state index in [0.29, 0.717) is 6.54 Å². The van der Waals surface area contributed by atoms with E-state index in [0.717, 1.165) is 56.2 Å². The first-order chi connectivity index (χ1) is 16.0. The summed E-state index contributed by atoms with van der Waals surface area (Å²) in [6.07, 6.45) is 2.60. The van der Waals surface area contributed by atoms with Gasteiger partial charge in [-0.05, 0) is 37.5 Å². The fourth-order valence-electron chi connectivity index (χ4n) is 4.46. The molecule has 2 heterocycles. The van der Waals surface area contributed by atoms with Gasteiger partial charge in [-0.3, -0.25) is 19.2 Å². The maximum Gasteiger partial charge on any atom is 0.237 e. The number of carbonyl (C=O) groups is 1. The third kappa shape index (κ3) is 5.67. The number of hydrogen-bond acceptors (Lipinski definition) is 5. The number of aryl methyl sites for hydroxylation is 2. The van der Waals surface area contributed by atoms with E-state index in [1.807, 2.05) is 12.1 Å². The van der Waals surface area contributed by atoms with Crippen molar-refractivity contribution in [3.8, 4) is 5.69 Å². The summed E-state index contributed by atoms with van der Waals surface area (Å²) in [5.41, 5.74) is 4.68. The predicted molar refractivity (Wildman–Crippen MR) is 130 cm³/mol. The number of benzene rings is 2. The second-order valence-corrected chi connectivity index (χ2v) is 8.84. The van der Waals surface area contributed by atoms with E-state index in [9.17, 15) is 4.79 Å². The summed E-state index contributed by atoms with van der Waals surface area (Å²) in [5, 5.41) is 11.7. The highest BCUT2D eigenvalue weighted by Gasteiger charge is 2.28. The van der Waals surface area contributed by atoms with Crippen molar-refractivity contribution >= 4 is 5.91 Å². The zero-order chi connectivity index (χ0) is 23.2. The number of nitrogens with zero attached hydrogens (tertiary/aromatic N) is 5. The first-order valence-electron chi connectivity index (χ1n) is 11.8. The highest BCUT2D eigenvalue weighted by molar-refractivity contribution is 5.81. The predicted octanol–water partition coefficient (Wildman–Crippen LogP) is 3.10. The topological polar surface area (TPSA) is 66.3 Å². The molecule has 7 nitrogen and oxygen atoms in total. The van der Waals surface area contributed by atoms with Crippen LogP contribution in [0.4, 0.5) is 0 Å². The fraction of sp³-hybridized carbons (Fsp3) is 0.423. The number of amides is 1. The molecule has 7 heteroatoms. The second-order valence-electron chi connectivity index (χ2n) is 8.84. The van der Waals surface area contributed by atoms with Gasteiger partial charge in [0.15, 0.2) is 5.82 Å². The van der Waals surface area contributed by atoms with Crippen LogP contribution in [0.25, 0.3) is 5.69 Å².